The summed E-state index contributed by atoms with van der Waals surface area (Å²) in [6, 6.07) is 8.28. The highest BCUT2D eigenvalue weighted by Gasteiger charge is 2.12. The normalized spacial score (nSPS) is 14.8. The molecule has 0 saturated carbocycles. The molecule has 3 aromatic heterocycles. The smallest absolute Gasteiger partial charge is 0.189 e. The largest absolute Gasteiger partial charge is 0.316 e. The van der Waals surface area contributed by atoms with Gasteiger partial charge in [0.2, 0.25) is 0 Å². The van der Waals surface area contributed by atoms with Crippen LogP contribution in [0.3, 0.4) is 0 Å². The van der Waals surface area contributed by atoms with Gasteiger partial charge in [-0.1, -0.05) is 30.4 Å². The Morgan fingerprint density at radius 1 is 1.07 bits per heavy atom. The van der Waals surface area contributed by atoms with Crippen LogP contribution in [0, 0.1) is 0 Å². The highest BCUT2D eigenvalue weighted by molar-refractivity contribution is 7.16. The molecule has 1 aliphatic rings. The SMILES string of the molecule is C=Cc1sc(Nc2cc(CN3CCCCC3)ccn2)nc1/C=C\Cc1ccncc1. The highest BCUT2D eigenvalue weighted by Crippen LogP contribution is 2.28. The topological polar surface area (TPSA) is 53.9 Å². The molecule has 0 aliphatic carbocycles. The van der Waals surface area contributed by atoms with Gasteiger partial charge in [0.15, 0.2) is 5.13 Å². The second-order valence-corrected chi connectivity index (χ2v) is 8.48. The summed E-state index contributed by atoms with van der Waals surface area (Å²) in [7, 11) is 0. The van der Waals surface area contributed by atoms with Crippen molar-refractivity contribution in [1.29, 1.82) is 0 Å². The lowest BCUT2D eigenvalue weighted by atomic mass is 10.1. The summed E-state index contributed by atoms with van der Waals surface area (Å²) in [5.41, 5.74) is 3.44. The molecule has 1 aliphatic heterocycles. The molecule has 5 nitrogen and oxygen atoms in total. The van der Waals surface area contributed by atoms with Gasteiger partial charge in [-0.3, -0.25) is 9.88 Å². The van der Waals surface area contributed by atoms with Crippen molar-refractivity contribution < 1.29 is 0 Å². The first-order valence-corrected chi connectivity index (χ1v) is 11.2. The van der Waals surface area contributed by atoms with E-state index in [-0.39, 0.29) is 0 Å². The van der Waals surface area contributed by atoms with E-state index in [9.17, 15) is 0 Å². The molecule has 1 fully saturated rings. The molecule has 3 aromatic rings. The lowest BCUT2D eigenvalue weighted by Gasteiger charge is -2.26. The third-order valence-corrected chi connectivity index (χ3v) is 6.14. The lowest BCUT2D eigenvalue weighted by molar-refractivity contribution is 0.221. The van der Waals surface area contributed by atoms with Crippen molar-refractivity contribution in [3.8, 4) is 0 Å². The zero-order valence-corrected chi connectivity index (χ0v) is 17.9. The zero-order chi connectivity index (χ0) is 20.6. The fourth-order valence-corrected chi connectivity index (χ4v) is 4.42. The van der Waals surface area contributed by atoms with Crippen molar-refractivity contribution in [1.82, 2.24) is 19.9 Å². The van der Waals surface area contributed by atoms with E-state index >= 15 is 0 Å². The number of hydrogen-bond acceptors (Lipinski definition) is 6. The summed E-state index contributed by atoms with van der Waals surface area (Å²) in [6.45, 7) is 7.30. The molecule has 1 N–H and O–H groups in total. The van der Waals surface area contributed by atoms with Crippen LogP contribution in [-0.4, -0.2) is 32.9 Å². The Morgan fingerprint density at radius 3 is 2.67 bits per heavy atom. The van der Waals surface area contributed by atoms with Crippen LogP contribution in [0.15, 0.2) is 55.5 Å². The van der Waals surface area contributed by atoms with Crippen molar-refractivity contribution in [2.24, 2.45) is 0 Å². The van der Waals surface area contributed by atoms with Gasteiger partial charge in [-0.25, -0.2) is 9.97 Å². The van der Waals surface area contributed by atoms with Crippen LogP contribution in [0.5, 0.6) is 0 Å². The number of pyridine rings is 2. The molecule has 0 atom stereocenters. The summed E-state index contributed by atoms with van der Waals surface area (Å²) in [4.78, 5) is 16.8. The summed E-state index contributed by atoms with van der Waals surface area (Å²) >= 11 is 1.59. The fraction of sp³-hybridized carbons (Fsp3) is 0.292. The van der Waals surface area contributed by atoms with Crippen LogP contribution in [0.4, 0.5) is 10.9 Å². The van der Waals surface area contributed by atoms with Crippen LogP contribution in [0.2, 0.25) is 0 Å². The molecule has 0 aromatic carbocycles. The first-order valence-electron chi connectivity index (χ1n) is 10.4. The highest BCUT2D eigenvalue weighted by atomic mass is 32.1. The molecule has 4 rings (SSSR count). The van der Waals surface area contributed by atoms with E-state index in [4.69, 9.17) is 4.98 Å². The van der Waals surface area contributed by atoms with Crippen molar-refractivity contribution in [2.45, 2.75) is 32.2 Å². The fourth-order valence-electron chi connectivity index (χ4n) is 3.61. The number of allylic oxidation sites excluding steroid dienone is 1. The minimum atomic E-state index is 0.830. The number of anilines is 2. The molecule has 1 saturated heterocycles. The van der Waals surface area contributed by atoms with Crippen LogP contribution in [0.25, 0.3) is 12.2 Å². The standard InChI is InChI=1S/C24H27N5S/c1-2-22-21(8-6-7-19-9-12-25-13-10-19)27-24(30-22)28-23-17-20(11-14-26-23)18-29-15-4-3-5-16-29/h2,6,8-14,17H,1,3-5,7,15-16,18H2,(H,26,27,28)/b8-6-. The Balaban J connectivity index is 1.42. The van der Waals surface area contributed by atoms with Gasteiger partial charge in [0.1, 0.15) is 5.82 Å². The number of aromatic nitrogens is 3. The van der Waals surface area contributed by atoms with Crippen molar-refractivity contribution in [3.05, 3.63) is 77.2 Å². The maximum absolute atomic E-state index is 4.74. The molecule has 0 spiro atoms. The van der Waals surface area contributed by atoms with E-state index in [0.717, 1.165) is 34.5 Å². The Morgan fingerprint density at radius 2 is 1.87 bits per heavy atom. The van der Waals surface area contributed by atoms with Gasteiger partial charge >= 0.3 is 0 Å². The van der Waals surface area contributed by atoms with Crippen molar-refractivity contribution in [2.75, 3.05) is 18.4 Å². The summed E-state index contributed by atoms with van der Waals surface area (Å²) in [6.07, 6.45) is 16.3. The Kier molecular flexibility index (Phi) is 7.00. The van der Waals surface area contributed by atoms with E-state index in [1.54, 1.807) is 11.3 Å². The number of piperidine rings is 1. The molecule has 0 radical (unpaired) electrons. The van der Waals surface area contributed by atoms with Gasteiger partial charge < -0.3 is 5.32 Å². The summed E-state index contributed by atoms with van der Waals surface area (Å²) in [5.74, 6) is 0.834. The van der Waals surface area contributed by atoms with E-state index < -0.39 is 0 Å². The molecule has 4 heterocycles. The number of thiazole rings is 1. The zero-order valence-electron chi connectivity index (χ0n) is 17.1. The van der Waals surface area contributed by atoms with Gasteiger partial charge in [0, 0.05) is 25.1 Å². The number of hydrogen-bond donors (Lipinski definition) is 1. The molecule has 6 heteroatoms. The first-order chi connectivity index (χ1) is 14.8. The second kappa shape index (κ2) is 10.3. The molecular formula is C24H27N5S. The molecule has 0 unspecified atom stereocenters. The molecular weight excluding hydrogens is 390 g/mol. The Labute approximate surface area is 182 Å². The Hall–Kier alpha value is -2.83. The number of rotatable bonds is 8. The number of likely N-dealkylation sites (tertiary alicyclic amines) is 1. The molecule has 0 amide bonds. The van der Waals surface area contributed by atoms with E-state index in [2.05, 4.69) is 51.0 Å². The third kappa shape index (κ3) is 5.62. The average Bonchev–Trinajstić information content (AvgIpc) is 3.17. The van der Waals surface area contributed by atoms with Gasteiger partial charge in [0.25, 0.3) is 0 Å². The van der Waals surface area contributed by atoms with Crippen LogP contribution >= 0.6 is 11.3 Å². The number of nitrogens with zero attached hydrogens (tertiary/aromatic N) is 4. The van der Waals surface area contributed by atoms with Crippen molar-refractivity contribution in [3.63, 3.8) is 0 Å². The minimum absolute atomic E-state index is 0.830. The van der Waals surface area contributed by atoms with Crippen LogP contribution in [-0.2, 0) is 13.0 Å². The quantitative estimate of drug-likeness (QED) is 0.520. The maximum atomic E-state index is 4.74. The molecule has 0 bridgehead atoms. The third-order valence-electron chi connectivity index (χ3n) is 5.16. The van der Waals surface area contributed by atoms with Gasteiger partial charge in [-0.05, 0) is 79.9 Å². The second-order valence-electron chi connectivity index (χ2n) is 7.45. The molecule has 154 valence electrons. The average molecular weight is 418 g/mol. The summed E-state index contributed by atoms with van der Waals surface area (Å²) in [5, 5.41) is 4.20. The van der Waals surface area contributed by atoms with E-state index in [1.807, 2.05) is 36.8 Å². The predicted molar refractivity (Wildman–Crippen MR) is 126 cm³/mol. The van der Waals surface area contributed by atoms with Gasteiger partial charge in [-0.2, -0.15) is 0 Å². The lowest BCUT2D eigenvalue weighted by Crippen LogP contribution is -2.29. The first kappa shape index (κ1) is 20.4. The predicted octanol–water partition coefficient (Wildman–Crippen LogP) is 5.56. The Bertz CT molecular complexity index is 990. The van der Waals surface area contributed by atoms with Crippen LogP contribution in [0.1, 0.15) is 41.0 Å². The maximum Gasteiger partial charge on any atom is 0.189 e. The number of nitrogens with one attached hydrogen (secondary N) is 1. The van der Waals surface area contributed by atoms with E-state index in [1.165, 1.54) is 43.5 Å². The molecule has 30 heavy (non-hydrogen) atoms. The van der Waals surface area contributed by atoms with Gasteiger partial charge in [0.05, 0.1) is 10.6 Å². The van der Waals surface area contributed by atoms with Gasteiger partial charge in [-0.15, -0.1) is 0 Å². The monoisotopic (exact) mass is 417 g/mol. The van der Waals surface area contributed by atoms with E-state index in [0.29, 0.717) is 0 Å². The summed E-state index contributed by atoms with van der Waals surface area (Å²) < 4.78 is 0. The minimum Gasteiger partial charge on any atom is -0.316 e. The van der Waals surface area contributed by atoms with Crippen molar-refractivity contribution >= 4 is 34.4 Å². The van der Waals surface area contributed by atoms with Crippen LogP contribution < -0.4 is 5.32 Å².